The van der Waals surface area contributed by atoms with Gasteiger partial charge >= 0.3 is 0 Å². The molecule has 3 aliphatic rings. The van der Waals surface area contributed by atoms with Crippen molar-refractivity contribution >= 4 is 11.9 Å². The number of aryl methyl sites for hydroxylation is 3. The number of hydrogen-bond acceptors (Lipinski definition) is 4. The van der Waals surface area contributed by atoms with Crippen molar-refractivity contribution in [2.24, 2.45) is 27.5 Å². The normalized spacial score (nSPS) is 31.7. The molecule has 1 heterocycles. The standard InChI is InChI=1S/C25H32N4O/c1-4-29-15-18(16(2)28-29)14-26-27-24-10-9-23-22-7-5-17-13-19(30)6-8-20(17)21(22)11-12-25(23,24)3/h6,8,13-15,21-23,30H,4-5,7,9-12H2,1-3H3. The molecule has 0 spiro atoms. The van der Waals surface area contributed by atoms with E-state index in [0.29, 0.717) is 17.6 Å². The summed E-state index contributed by atoms with van der Waals surface area (Å²) in [7, 11) is 0. The molecule has 2 fully saturated rings. The van der Waals surface area contributed by atoms with Gasteiger partial charge in [-0.25, -0.2) is 0 Å². The number of aromatic hydroxyl groups is 1. The number of aromatic nitrogens is 2. The van der Waals surface area contributed by atoms with Crippen molar-refractivity contribution in [1.29, 1.82) is 0 Å². The Bertz CT molecular complexity index is 1020. The van der Waals surface area contributed by atoms with Gasteiger partial charge in [-0.3, -0.25) is 4.68 Å². The molecule has 1 N–H and O–H groups in total. The van der Waals surface area contributed by atoms with E-state index in [9.17, 15) is 5.11 Å². The Kier molecular flexibility index (Phi) is 4.79. The summed E-state index contributed by atoms with van der Waals surface area (Å²) in [6, 6.07) is 6.03. The number of benzene rings is 1. The summed E-state index contributed by atoms with van der Waals surface area (Å²) in [4.78, 5) is 0. The van der Waals surface area contributed by atoms with E-state index in [1.54, 1.807) is 0 Å². The first-order chi connectivity index (χ1) is 14.5. The van der Waals surface area contributed by atoms with Crippen LogP contribution >= 0.6 is 0 Å². The van der Waals surface area contributed by atoms with Crippen molar-refractivity contribution in [1.82, 2.24) is 9.78 Å². The Labute approximate surface area is 178 Å². The lowest BCUT2D eigenvalue weighted by molar-refractivity contribution is 0.0955. The minimum Gasteiger partial charge on any atom is -0.508 e. The van der Waals surface area contributed by atoms with Gasteiger partial charge in [0.2, 0.25) is 0 Å². The van der Waals surface area contributed by atoms with E-state index in [0.717, 1.165) is 36.6 Å². The predicted octanol–water partition coefficient (Wildman–Crippen LogP) is 5.25. The lowest BCUT2D eigenvalue weighted by Gasteiger charge is -2.49. The Morgan fingerprint density at radius 1 is 1.27 bits per heavy atom. The number of phenolic OH excluding ortho intramolecular Hbond substituents is 1. The lowest BCUT2D eigenvalue weighted by atomic mass is 9.55. The Morgan fingerprint density at radius 2 is 2.13 bits per heavy atom. The minimum absolute atomic E-state index is 0.176. The molecule has 30 heavy (non-hydrogen) atoms. The van der Waals surface area contributed by atoms with Crippen LogP contribution < -0.4 is 0 Å². The number of rotatable bonds is 3. The molecule has 2 aromatic rings. The van der Waals surface area contributed by atoms with Gasteiger partial charge in [-0.1, -0.05) is 13.0 Å². The van der Waals surface area contributed by atoms with Crippen LogP contribution in [0.4, 0.5) is 0 Å². The van der Waals surface area contributed by atoms with Crippen LogP contribution in [0.15, 0.2) is 34.6 Å². The first-order valence-electron chi connectivity index (χ1n) is 11.5. The van der Waals surface area contributed by atoms with Crippen LogP contribution in [0, 0.1) is 24.2 Å². The molecule has 4 unspecified atom stereocenters. The van der Waals surface area contributed by atoms with Crippen molar-refractivity contribution in [3.63, 3.8) is 0 Å². The lowest BCUT2D eigenvalue weighted by Crippen LogP contribution is -2.42. The van der Waals surface area contributed by atoms with E-state index < -0.39 is 0 Å². The van der Waals surface area contributed by atoms with Crippen molar-refractivity contribution in [2.45, 2.75) is 71.8 Å². The average Bonchev–Trinajstić information content (AvgIpc) is 3.27. The third-order valence-electron chi connectivity index (χ3n) is 8.13. The molecular weight excluding hydrogens is 372 g/mol. The zero-order chi connectivity index (χ0) is 20.9. The summed E-state index contributed by atoms with van der Waals surface area (Å²) in [5, 5.41) is 23.6. The second-order valence-corrected chi connectivity index (χ2v) is 9.61. The van der Waals surface area contributed by atoms with Gasteiger partial charge in [-0.15, -0.1) is 0 Å². The van der Waals surface area contributed by atoms with Gasteiger partial charge in [-0.05, 0) is 93.4 Å². The summed E-state index contributed by atoms with van der Waals surface area (Å²) in [6.07, 6.45) is 10.9. The molecule has 1 aromatic heterocycles. The summed E-state index contributed by atoms with van der Waals surface area (Å²) in [6.45, 7) is 7.42. The quantitative estimate of drug-likeness (QED) is 0.561. The fourth-order valence-corrected chi connectivity index (χ4v) is 6.50. The summed E-state index contributed by atoms with van der Waals surface area (Å²) < 4.78 is 1.94. The maximum Gasteiger partial charge on any atom is 0.115 e. The molecule has 0 aliphatic heterocycles. The van der Waals surface area contributed by atoms with E-state index in [2.05, 4.69) is 30.1 Å². The molecule has 4 atom stereocenters. The molecule has 0 bridgehead atoms. The highest BCUT2D eigenvalue weighted by molar-refractivity contribution is 5.93. The zero-order valence-electron chi connectivity index (χ0n) is 18.3. The van der Waals surface area contributed by atoms with Gasteiger partial charge in [0.25, 0.3) is 0 Å². The largest absolute Gasteiger partial charge is 0.508 e. The molecular formula is C25H32N4O. The van der Waals surface area contributed by atoms with E-state index in [-0.39, 0.29) is 5.41 Å². The molecule has 1 aromatic carbocycles. The molecule has 5 rings (SSSR count). The Balaban J connectivity index is 1.37. The third kappa shape index (κ3) is 3.10. The fraction of sp³-hybridized carbons (Fsp3) is 0.560. The number of nitrogens with zero attached hydrogens (tertiary/aromatic N) is 4. The summed E-state index contributed by atoms with van der Waals surface area (Å²) >= 11 is 0. The van der Waals surface area contributed by atoms with Gasteiger partial charge in [-0.2, -0.15) is 15.3 Å². The molecule has 0 saturated heterocycles. The summed E-state index contributed by atoms with van der Waals surface area (Å²) in [5.74, 6) is 2.46. The van der Waals surface area contributed by atoms with Crippen LogP contribution in [0.2, 0.25) is 0 Å². The van der Waals surface area contributed by atoms with Gasteiger partial charge in [0.1, 0.15) is 5.75 Å². The van der Waals surface area contributed by atoms with Gasteiger partial charge < -0.3 is 5.11 Å². The van der Waals surface area contributed by atoms with Crippen molar-refractivity contribution in [3.8, 4) is 5.75 Å². The maximum absolute atomic E-state index is 9.87. The Morgan fingerprint density at radius 3 is 2.93 bits per heavy atom. The Hall–Kier alpha value is -2.43. The van der Waals surface area contributed by atoms with Gasteiger partial charge in [0.15, 0.2) is 0 Å². The number of fused-ring (bicyclic) bond motifs is 5. The van der Waals surface area contributed by atoms with Gasteiger partial charge in [0, 0.05) is 29.4 Å². The predicted molar refractivity (Wildman–Crippen MR) is 120 cm³/mol. The second kappa shape index (κ2) is 7.36. The molecule has 0 amide bonds. The van der Waals surface area contributed by atoms with Gasteiger partial charge in [0.05, 0.1) is 11.9 Å². The van der Waals surface area contributed by atoms with E-state index >= 15 is 0 Å². The smallest absolute Gasteiger partial charge is 0.115 e. The molecule has 5 heteroatoms. The van der Waals surface area contributed by atoms with Crippen molar-refractivity contribution in [3.05, 3.63) is 46.8 Å². The van der Waals surface area contributed by atoms with Crippen LogP contribution in [0.3, 0.4) is 0 Å². The zero-order valence-corrected chi connectivity index (χ0v) is 18.3. The highest BCUT2D eigenvalue weighted by atomic mass is 16.3. The molecule has 0 radical (unpaired) electrons. The SMILES string of the molecule is CCn1cc(C=NN=C2CCC3C4CCc5cc(O)ccc5C4CCC23C)c(C)n1. The van der Waals surface area contributed by atoms with Crippen molar-refractivity contribution in [2.75, 3.05) is 0 Å². The van der Waals surface area contributed by atoms with Crippen LogP contribution in [0.5, 0.6) is 5.75 Å². The second-order valence-electron chi connectivity index (χ2n) is 9.61. The highest BCUT2D eigenvalue weighted by Gasteiger charge is 2.53. The van der Waals surface area contributed by atoms with Crippen LogP contribution in [0.1, 0.15) is 74.3 Å². The number of phenols is 1. The molecule has 3 aliphatic carbocycles. The molecule has 2 saturated carbocycles. The summed E-state index contributed by atoms with van der Waals surface area (Å²) in [5.41, 5.74) is 6.37. The first-order valence-corrected chi connectivity index (χ1v) is 11.5. The van der Waals surface area contributed by atoms with Crippen LogP contribution in [-0.2, 0) is 13.0 Å². The van der Waals surface area contributed by atoms with E-state index in [1.165, 1.54) is 42.5 Å². The monoisotopic (exact) mass is 404 g/mol. The first kappa shape index (κ1) is 19.5. The third-order valence-corrected chi connectivity index (χ3v) is 8.13. The average molecular weight is 405 g/mol. The minimum atomic E-state index is 0.176. The van der Waals surface area contributed by atoms with Crippen LogP contribution in [-0.4, -0.2) is 26.8 Å². The molecule has 5 nitrogen and oxygen atoms in total. The number of hydrogen-bond donors (Lipinski definition) is 1. The van der Waals surface area contributed by atoms with E-state index in [1.807, 2.05) is 36.1 Å². The maximum atomic E-state index is 9.87. The topological polar surface area (TPSA) is 62.8 Å². The highest BCUT2D eigenvalue weighted by Crippen LogP contribution is 2.60. The van der Waals surface area contributed by atoms with Crippen molar-refractivity contribution < 1.29 is 5.11 Å². The fourth-order valence-electron chi connectivity index (χ4n) is 6.50. The molecule has 158 valence electrons. The van der Waals surface area contributed by atoms with Crippen LogP contribution in [0.25, 0.3) is 0 Å². The van der Waals surface area contributed by atoms with E-state index in [4.69, 9.17) is 5.10 Å².